The third-order valence-corrected chi connectivity index (χ3v) is 2.83. The smallest absolute Gasteiger partial charge is 0.313 e. The highest BCUT2D eigenvalue weighted by Gasteiger charge is 2.18. The first-order valence-corrected chi connectivity index (χ1v) is 5.59. The van der Waals surface area contributed by atoms with E-state index in [0.717, 1.165) is 0 Å². The lowest BCUT2D eigenvalue weighted by molar-refractivity contribution is 0.170. The molecule has 0 N–H and O–H groups in total. The fourth-order valence-corrected chi connectivity index (χ4v) is 1.91. The molecule has 14 heavy (non-hydrogen) atoms. The van der Waals surface area contributed by atoms with Gasteiger partial charge in [0.2, 0.25) is 0 Å². The van der Waals surface area contributed by atoms with Crippen LogP contribution >= 0.6 is 8.53 Å². The lowest BCUT2D eigenvalue weighted by atomic mass is 10.5. The molecule has 0 amide bonds. The van der Waals surface area contributed by atoms with Crippen molar-refractivity contribution in [3.63, 3.8) is 0 Å². The third-order valence-electron chi connectivity index (χ3n) is 1.11. The standard InChI is InChI=1S/C7H15N4O2P/c1-6(2)12-14(13-7(3)4)11-5-8-9-10-11/h5-7H,1-4H3. The minimum Gasteiger partial charge on any atom is -0.313 e. The average molecular weight is 218 g/mol. The maximum Gasteiger partial charge on any atom is 0.314 e. The van der Waals surface area contributed by atoms with Crippen LogP contribution in [0.4, 0.5) is 0 Å². The molecule has 80 valence electrons. The molecule has 0 spiro atoms. The number of tetrazole rings is 1. The maximum absolute atomic E-state index is 5.57. The van der Waals surface area contributed by atoms with Crippen molar-refractivity contribution in [2.75, 3.05) is 0 Å². The van der Waals surface area contributed by atoms with Gasteiger partial charge in [-0.3, -0.25) is 0 Å². The fraction of sp³-hybridized carbons (Fsp3) is 0.857. The van der Waals surface area contributed by atoms with Crippen LogP contribution in [0.3, 0.4) is 0 Å². The molecule has 1 heterocycles. The molecule has 0 aliphatic carbocycles. The summed E-state index contributed by atoms with van der Waals surface area (Å²) in [6, 6.07) is 0. The first kappa shape index (κ1) is 11.5. The molecule has 0 fully saturated rings. The van der Waals surface area contributed by atoms with Crippen molar-refractivity contribution < 1.29 is 9.05 Å². The number of hydrogen-bond donors (Lipinski definition) is 0. The molecule has 0 atom stereocenters. The Morgan fingerprint density at radius 1 is 1.14 bits per heavy atom. The van der Waals surface area contributed by atoms with Crippen LogP contribution in [-0.2, 0) is 9.05 Å². The van der Waals surface area contributed by atoms with Gasteiger partial charge >= 0.3 is 8.53 Å². The monoisotopic (exact) mass is 218 g/mol. The molecule has 0 aliphatic rings. The van der Waals surface area contributed by atoms with Crippen molar-refractivity contribution in [2.24, 2.45) is 0 Å². The van der Waals surface area contributed by atoms with E-state index >= 15 is 0 Å². The second kappa shape index (κ2) is 5.34. The summed E-state index contributed by atoms with van der Waals surface area (Å²) in [5, 5.41) is 10.8. The van der Waals surface area contributed by atoms with E-state index in [1.54, 1.807) is 0 Å². The zero-order valence-corrected chi connectivity index (χ0v) is 9.68. The lowest BCUT2D eigenvalue weighted by Crippen LogP contribution is -2.09. The SMILES string of the molecule is CC(C)OP(OC(C)C)n1cnnn1. The Morgan fingerprint density at radius 2 is 1.71 bits per heavy atom. The first-order chi connectivity index (χ1) is 6.59. The largest absolute Gasteiger partial charge is 0.314 e. The molecule has 7 heteroatoms. The first-order valence-electron chi connectivity index (χ1n) is 4.46. The summed E-state index contributed by atoms with van der Waals surface area (Å²) in [5.74, 6) is 0. The van der Waals surface area contributed by atoms with Crippen LogP contribution < -0.4 is 0 Å². The molecule has 1 aromatic heterocycles. The van der Waals surface area contributed by atoms with Gasteiger partial charge in [0.1, 0.15) is 6.33 Å². The molecule has 0 aliphatic heterocycles. The van der Waals surface area contributed by atoms with Gasteiger partial charge in [-0.25, -0.2) is 0 Å². The van der Waals surface area contributed by atoms with E-state index in [2.05, 4.69) is 15.5 Å². The van der Waals surface area contributed by atoms with Crippen LogP contribution in [0.2, 0.25) is 0 Å². The number of nitrogens with zero attached hydrogens (tertiary/aromatic N) is 4. The van der Waals surface area contributed by atoms with Crippen LogP contribution in [0.1, 0.15) is 27.7 Å². The molecule has 1 aromatic rings. The van der Waals surface area contributed by atoms with E-state index in [4.69, 9.17) is 9.05 Å². The Morgan fingerprint density at radius 3 is 2.07 bits per heavy atom. The molecule has 0 aromatic carbocycles. The quantitative estimate of drug-likeness (QED) is 0.702. The molecule has 0 saturated carbocycles. The Labute approximate surface area is 84.6 Å². The van der Waals surface area contributed by atoms with Crippen molar-refractivity contribution in [1.82, 2.24) is 20.0 Å². The van der Waals surface area contributed by atoms with Crippen LogP contribution in [-0.4, -0.2) is 32.2 Å². The predicted molar refractivity (Wildman–Crippen MR) is 52.6 cm³/mol. The topological polar surface area (TPSA) is 62.1 Å². The van der Waals surface area contributed by atoms with Crippen LogP contribution in [0.15, 0.2) is 6.33 Å². The number of aromatic nitrogens is 4. The highest BCUT2D eigenvalue weighted by molar-refractivity contribution is 7.45. The van der Waals surface area contributed by atoms with Gasteiger partial charge in [-0.05, 0) is 38.1 Å². The molecule has 0 bridgehead atoms. The van der Waals surface area contributed by atoms with Gasteiger partial charge in [0.05, 0.1) is 12.2 Å². The fourth-order valence-electron chi connectivity index (χ4n) is 0.713. The van der Waals surface area contributed by atoms with Gasteiger partial charge in [0.15, 0.2) is 0 Å². The third kappa shape index (κ3) is 3.65. The molecular formula is C7H15N4O2P. The van der Waals surface area contributed by atoms with Crippen molar-refractivity contribution in [3.05, 3.63) is 6.33 Å². The van der Waals surface area contributed by atoms with E-state index in [1.807, 2.05) is 27.7 Å². The zero-order chi connectivity index (χ0) is 10.6. The molecule has 1 rings (SSSR count). The molecular weight excluding hydrogens is 203 g/mol. The highest BCUT2D eigenvalue weighted by Crippen LogP contribution is 2.41. The summed E-state index contributed by atoms with van der Waals surface area (Å²) in [6.07, 6.45) is 1.67. The number of hydrogen-bond acceptors (Lipinski definition) is 5. The molecule has 0 saturated heterocycles. The predicted octanol–water partition coefficient (Wildman–Crippen LogP) is 1.60. The summed E-state index contributed by atoms with van der Waals surface area (Å²) < 4.78 is 12.6. The Balaban J connectivity index is 2.62. The second-order valence-corrected chi connectivity index (χ2v) is 4.58. The Kier molecular flexibility index (Phi) is 4.38. The summed E-state index contributed by atoms with van der Waals surface area (Å²) in [4.78, 5) is 0. The van der Waals surface area contributed by atoms with Gasteiger partial charge in [-0.1, -0.05) is 0 Å². The minimum absolute atomic E-state index is 0.0871. The zero-order valence-electron chi connectivity index (χ0n) is 8.78. The van der Waals surface area contributed by atoms with Gasteiger partial charge in [0, 0.05) is 0 Å². The Bertz CT molecular complexity index is 242. The van der Waals surface area contributed by atoms with Crippen molar-refractivity contribution in [1.29, 1.82) is 0 Å². The van der Waals surface area contributed by atoms with Gasteiger partial charge in [-0.15, -0.1) is 5.10 Å². The lowest BCUT2D eigenvalue weighted by Gasteiger charge is -2.19. The molecule has 0 radical (unpaired) electrons. The highest BCUT2D eigenvalue weighted by atomic mass is 31.2. The average Bonchev–Trinajstić information content (AvgIpc) is 2.52. The second-order valence-electron chi connectivity index (χ2n) is 3.28. The van der Waals surface area contributed by atoms with E-state index in [1.165, 1.54) is 10.8 Å². The van der Waals surface area contributed by atoms with Crippen LogP contribution in [0, 0.1) is 0 Å². The van der Waals surface area contributed by atoms with E-state index in [-0.39, 0.29) is 12.2 Å². The Hall–Kier alpha value is -0.580. The number of rotatable bonds is 5. The summed E-state index contributed by atoms with van der Waals surface area (Å²) in [5.41, 5.74) is 0. The van der Waals surface area contributed by atoms with Crippen molar-refractivity contribution in [2.45, 2.75) is 39.9 Å². The summed E-state index contributed by atoms with van der Waals surface area (Å²) in [7, 11) is -1.22. The van der Waals surface area contributed by atoms with Gasteiger partial charge < -0.3 is 9.05 Å². The summed E-state index contributed by atoms with van der Waals surface area (Å²) in [6.45, 7) is 7.79. The van der Waals surface area contributed by atoms with Crippen LogP contribution in [0.5, 0.6) is 0 Å². The van der Waals surface area contributed by atoms with Gasteiger partial charge in [0.25, 0.3) is 0 Å². The normalized spacial score (nSPS) is 11.9. The molecule has 6 nitrogen and oxygen atoms in total. The van der Waals surface area contributed by atoms with Crippen molar-refractivity contribution in [3.8, 4) is 0 Å². The van der Waals surface area contributed by atoms with E-state index < -0.39 is 8.53 Å². The van der Waals surface area contributed by atoms with E-state index in [0.29, 0.717) is 0 Å². The minimum atomic E-state index is -1.22. The maximum atomic E-state index is 5.57. The van der Waals surface area contributed by atoms with Gasteiger partial charge in [-0.2, -0.15) is 4.45 Å². The summed E-state index contributed by atoms with van der Waals surface area (Å²) >= 11 is 0. The van der Waals surface area contributed by atoms with Crippen LogP contribution in [0.25, 0.3) is 0 Å². The van der Waals surface area contributed by atoms with Crippen molar-refractivity contribution >= 4 is 8.53 Å². The molecule has 0 unspecified atom stereocenters. The van der Waals surface area contributed by atoms with E-state index in [9.17, 15) is 0 Å².